The number of nitrogens with one attached hydrogen (secondary N) is 2. The average molecular weight is 453 g/mol. The van der Waals surface area contributed by atoms with E-state index in [0.717, 1.165) is 5.56 Å². The molecule has 0 aliphatic heterocycles. The lowest BCUT2D eigenvalue weighted by Gasteiger charge is -2.08. The molecule has 0 heterocycles. The van der Waals surface area contributed by atoms with E-state index < -0.39 is 17.8 Å². The molecule has 170 valence electrons. The molecule has 3 aromatic carbocycles. The number of amides is 2. The fourth-order valence-corrected chi connectivity index (χ4v) is 2.83. The Bertz CT molecular complexity index is 1220. The minimum Gasteiger partial charge on any atom is -0.465 e. The predicted octanol–water partition coefficient (Wildman–Crippen LogP) is 3.95. The van der Waals surface area contributed by atoms with Crippen LogP contribution in [-0.2, 0) is 9.53 Å². The van der Waals surface area contributed by atoms with Gasteiger partial charge < -0.3 is 10.1 Å². The molecule has 0 aliphatic rings. The van der Waals surface area contributed by atoms with Gasteiger partial charge in [-0.2, -0.15) is 5.10 Å². The second-order valence-electron chi connectivity index (χ2n) is 6.98. The summed E-state index contributed by atoms with van der Waals surface area (Å²) in [5.74, 6) is -1.45. The zero-order valence-electron chi connectivity index (χ0n) is 18.5. The van der Waals surface area contributed by atoms with Crippen molar-refractivity contribution in [2.24, 2.45) is 5.10 Å². The summed E-state index contributed by atoms with van der Waals surface area (Å²) in [4.78, 5) is 36.8. The summed E-state index contributed by atoms with van der Waals surface area (Å²) < 4.78 is 4.66. The third kappa shape index (κ3) is 7.13. The highest BCUT2D eigenvalue weighted by atomic mass is 16.5. The largest absolute Gasteiger partial charge is 0.465 e. The fraction of sp³-hybridized carbons (Fsp3) is 0.0370. The van der Waals surface area contributed by atoms with Gasteiger partial charge in [-0.1, -0.05) is 72.8 Å². The van der Waals surface area contributed by atoms with E-state index in [1.54, 1.807) is 60.7 Å². The van der Waals surface area contributed by atoms with Gasteiger partial charge in [-0.05, 0) is 41.5 Å². The van der Waals surface area contributed by atoms with Crippen LogP contribution in [0, 0.1) is 0 Å². The van der Waals surface area contributed by atoms with Gasteiger partial charge in [-0.3, -0.25) is 9.59 Å². The number of hydrogen-bond acceptors (Lipinski definition) is 5. The van der Waals surface area contributed by atoms with E-state index in [-0.39, 0.29) is 5.70 Å². The van der Waals surface area contributed by atoms with Crippen molar-refractivity contribution in [3.8, 4) is 0 Å². The van der Waals surface area contributed by atoms with Crippen LogP contribution in [0.25, 0.3) is 6.08 Å². The van der Waals surface area contributed by atoms with Crippen molar-refractivity contribution in [2.75, 3.05) is 7.11 Å². The Balaban J connectivity index is 1.72. The number of carbonyl (C=O) groups is 3. The number of methoxy groups -OCH3 is 1. The van der Waals surface area contributed by atoms with E-state index >= 15 is 0 Å². The minimum atomic E-state index is -0.593. The van der Waals surface area contributed by atoms with Crippen LogP contribution in [0.3, 0.4) is 0 Å². The molecule has 0 unspecified atom stereocenters. The van der Waals surface area contributed by atoms with Crippen molar-refractivity contribution in [1.82, 2.24) is 10.7 Å². The van der Waals surface area contributed by atoms with Gasteiger partial charge in [0.15, 0.2) is 0 Å². The SMILES string of the molecule is COC(=O)c1ccc(C=NNC(=O)C(=CC=Cc2ccccc2)NC(=O)c2ccccc2)cc1. The Labute approximate surface area is 197 Å². The van der Waals surface area contributed by atoms with Gasteiger partial charge in [0, 0.05) is 5.56 Å². The molecular weight excluding hydrogens is 430 g/mol. The first-order valence-corrected chi connectivity index (χ1v) is 10.4. The zero-order chi connectivity index (χ0) is 24.2. The minimum absolute atomic E-state index is 0.0271. The summed E-state index contributed by atoms with van der Waals surface area (Å²) in [6, 6.07) is 24.7. The van der Waals surface area contributed by atoms with Crippen molar-refractivity contribution in [3.63, 3.8) is 0 Å². The number of rotatable bonds is 8. The van der Waals surface area contributed by atoms with E-state index in [9.17, 15) is 14.4 Å². The number of benzene rings is 3. The van der Waals surface area contributed by atoms with Crippen LogP contribution in [0.2, 0.25) is 0 Å². The zero-order valence-corrected chi connectivity index (χ0v) is 18.5. The Hall–Kier alpha value is -4.78. The Morgan fingerprint density at radius 2 is 1.44 bits per heavy atom. The molecule has 0 atom stereocenters. The molecule has 0 radical (unpaired) electrons. The monoisotopic (exact) mass is 453 g/mol. The summed E-state index contributed by atoms with van der Waals surface area (Å²) >= 11 is 0. The van der Waals surface area contributed by atoms with Crippen molar-refractivity contribution >= 4 is 30.1 Å². The molecule has 3 rings (SSSR count). The highest BCUT2D eigenvalue weighted by Crippen LogP contribution is 2.05. The first kappa shape index (κ1) is 23.9. The number of ether oxygens (including phenoxy) is 1. The molecule has 2 amide bonds. The smallest absolute Gasteiger partial charge is 0.337 e. The molecule has 0 aliphatic carbocycles. The summed E-state index contributed by atoms with van der Waals surface area (Å²) in [6.07, 6.45) is 6.41. The molecule has 34 heavy (non-hydrogen) atoms. The molecular formula is C27H23N3O4. The second-order valence-corrected chi connectivity index (χ2v) is 6.98. The van der Waals surface area contributed by atoms with Gasteiger partial charge in [0.05, 0.1) is 18.9 Å². The molecule has 3 aromatic rings. The van der Waals surface area contributed by atoms with Gasteiger partial charge in [0.1, 0.15) is 5.70 Å². The molecule has 0 saturated heterocycles. The number of hydrogen-bond donors (Lipinski definition) is 2. The average Bonchev–Trinajstić information content (AvgIpc) is 2.89. The maximum Gasteiger partial charge on any atom is 0.337 e. The standard InChI is InChI=1S/C27H23N3O4/c1-34-27(33)23-17-15-21(16-18-23)19-28-30-26(32)24(14-8-11-20-9-4-2-5-10-20)29-25(31)22-12-6-3-7-13-22/h2-19H,1H3,(H,29,31)(H,30,32). The highest BCUT2D eigenvalue weighted by Gasteiger charge is 2.13. The quantitative estimate of drug-likeness (QED) is 0.177. The Morgan fingerprint density at radius 1 is 0.794 bits per heavy atom. The summed E-state index contributed by atoms with van der Waals surface area (Å²) in [7, 11) is 1.31. The lowest BCUT2D eigenvalue weighted by molar-refractivity contribution is -0.117. The Morgan fingerprint density at radius 3 is 2.09 bits per heavy atom. The van der Waals surface area contributed by atoms with Crippen molar-refractivity contribution in [3.05, 3.63) is 125 Å². The molecule has 7 nitrogen and oxygen atoms in total. The van der Waals surface area contributed by atoms with Crippen molar-refractivity contribution in [2.45, 2.75) is 0 Å². The lowest BCUT2D eigenvalue weighted by Crippen LogP contribution is -2.32. The van der Waals surface area contributed by atoms with E-state index in [1.165, 1.54) is 19.4 Å². The van der Waals surface area contributed by atoms with Crippen LogP contribution in [-0.4, -0.2) is 31.1 Å². The lowest BCUT2D eigenvalue weighted by atomic mass is 10.1. The predicted molar refractivity (Wildman–Crippen MR) is 131 cm³/mol. The van der Waals surface area contributed by atoms with Gasteiger partial charge >= 0.3 is 5.97 Å². The van der Waals surface area contributed by atoms with Crippen molar-refractivity contribution < 1.29 is 19.1 Å². The highest BCUT2D eigenvalue weighted by molar-refractivity contribution is 6.03. The molecule has 0 spiro atoms. The van der Waals surface area contributed by atoms with Gasteiger partial charge in [-0.15, -0.1) is 0 Å². The molecule has 0 bridgehead atoms. The van der Waals surface area contributed by atoms with E-state index in [1.807, 2.05) is 36.4 Å². The first-order valence-electron chi connectivity index (χ1n) is 10.4. The molecule has 0 aromatic heterocycles. The van der Waals surface area contributed by atoms with Crippen LogP contribution in [0.4, 0.5) is 0 Å². The van der Waals surface area contributed by atoms with E-state index in [0.29, 0.717) is 16.7 Å². The molecule has 0 saturated carbocycles. The number of carbonyl (C=O) groups excluding carboxylic acids is 3. The molecule has 2 N–H and O–H groups in total. The first-order chi connectivity index (χ1) is 16.6. The number of hydrazone groups is 1. The summed E-state index contributed by atoms with van der Waals surface area (Å²) in [6.45, 7) is 0. The van der Waals surface area contributed by atoms with Crippen LogP contribution >= 0.6 is 0 Å². The second kappa shape index (κ2) is 12.3. The number of esters is 1. The molecule has 7 heteroatoms. The third-order valence-electron chi connectivity index (χ3n) is 4.59. The number of nitrogens with zero attached hydrogens (tertiary/aromatic N) is 1. The Kier molecular flexibility index (Phi) is 8.64. The normalized spacial score (nSPS) is 11.4. The van der Waals surface area contributed by atoms with Crippen LogP contribution < -0.4 is 10.7 Å². The van der Waals surface area contributed by atoms with E-state index in [2.05, 4.69) is 20.6 Å². The fourth-order valence-electron chi connectivity index (χ4n) is 2.83. The van der Waals surface area contributed by atoms with Crippen LogP contribution in [0.15, 0.2) is 108 Å². The topological polar surface area (TPSA) is 96.9 Å². The van der Waals surface area contributed by atoms with Crippen molar-refractivity contribution in [1.29, 1.82) is 0 Å². The number of allylic oxidation sites excluding steroid dienone is 2. The maximum absolute atomic E-state index is 12.7. The molecule has 0 fully saturated rings. The van der Waals surface area contributed by atoms with Crippen LogP contribution in [0.1, 0.15) is 31.8 Å². The third-order valence-corrected chi connectivity index (χ3v) is 4.59. The summed E-state index contributed by atoms with van der Waals surface area (Å²) in [5, 5.41) is 6.57. The summed E-state index contributed by atoms with van der Waals surface area (Å²) in [5.41, 5.74) is 4.87. The van der Waals surface area contributed by atoms with Gasteiger partial charge in [0.25, 0.3) is 11.8 Å². The van der Waals surface area contributed by atoms with E-state index in [4.69, 9.17) is 0 Å². The van der Waals surface area contributed by atoms with Gasteiger partial charge in [-0.25, -0.2) is 10.2 Å². The van der Waals surface area contributed by atoms with Crippen LogP contribution in [0.5, 0.6) is 0 Å². The van der Waals surface area contributed by atoms with Gasteiger partial charge in [0.2, 0.25) is 0 Å². The maximum atomic E-state index is 12.7.